The van der Waals surface area contributed by atoms with Crippen LogP contribution in [-0.2, 0) is 0 Å². The molecule has 1 heterocycles. The molecule has 120 valence electrons. The maximum atomic E-state index is 12.5. The smallest absolute Gasteiger partial charge is 0.257 e. The van der Waals surface area contributed by atoms with Crippen LogP contribution in [0, 0.1) is 13.8 Å². The quantitative estimate of drug-likeness (QED) is 0.662. The van der Waals surface area contributed by atoms with E-state index in [1.54, 1.807) is 0 Å². The number of anilines is 1. The number of para-hydroxylation sites is 1. The van der Waals surface area contributed by atoms with Crippen molar-refractivity contribution in [3.05, 3.63) is 82.0 Å². The summed E-state index contributed by atoms with van der Waals surface area (Å²) in [5.41, 5.74) is 5.00. The van der Waals surface area contributed by atoms with Crippen molar-refractivity contribution in [1.29, 1.82) is 0 Å². The van der Waals surface area contributed by atoms with E-state index in [-0.39, 0.29) is 5.91 Å². The predicted molar refractivity (Wildman–Crippen MR) is 101 cm³/mol. The summed E-state index contributed by atoms with van der Waals surface area (Å²) in [6.45, 7) is 3.82. The Morgan fingerprint density at radius 1 is 1.00 bits per heavy atom. The summed E-state index contributed by atoms with van der Waals surface area (Å²) in [6, 6.07) is 19.4. The van der Waals surface area contributed by atoms with Crippen LogP contribution in [-0.4, -0.2) is 10.9 Å². The molecule has 4 heteroatoms. The monoisotopic (exact) mass is 380 g/mol. The fraction of sp³-hybridized carbons (Fsp3) is 0.100. The number of hydrogen-bond acceptors (Lipinski definition) is 2. The summed E-state index contributed by atoms with van der Waals surface area (Å²) < 4.78 is 1.00. The minimum Gasteiger partial charge on any atom is -0.322 e. The van der Waals surface area contributed by atoms with E-state index in [9.17, 15) is 4.79 Å². The Hall–Kier alpha value is -2.46. The van der Waals surface area contributed by atoms with Crippen LogP contribution in [0.25, 0.3) is 11.3 Å². The van der Waals surface area contributed by atoms with Crippen molar-refractivity contribution >= 4 is 27.5 Å². The van der Waals surface area contributed by atoms with Gasteiger partial charge < -0.3 is 5.32 Å². The van der Waals surface area contributed by atoms with Gasteiger partial charge in [-0.15, -0.1) is 0 Å². The van der Waals surface area contributed by atoms with Gasteiger partial charge >= 0.3 is 0 Å². The van der Waals surface area contributed by atoms with Crippen LogP contribution in [0.4, 0.5) is 5.69 Å². The highest BCUT2D eigenvalue weighted by Gasteiger charge is 2.12. The van der Waals surface area contributed by atoms with Crippen molar-refractivity contribution in [3.63, 3.8) is 0 Å². The molecule has 24 heavy (non-hydrogen) atoms. The van der Waals surface area contributed by atoms with Gasteiger partial charge in [0.25, 0.3) is 5.91 Å². The SMILES string of the molecule is Cc1ccccc1NC(=O)c1ccc(-c2cccc(Br)c2)nc1C. The normalized spacial score (nSPS) is 10.5. The number of aromatic nitrogens is 1. The number of benzene rings is 2. The molecular formula is C20H17BrN2O. The fourth-order valence-electron chi connectivity index (χ4n) is 2.51. The van der Waals surface area contributed by atoms with E-state index < -0.39 is 0 Å². The lowest BCUT2D eigenvalue weighted by Gasteiger charge is -2.11. The second kappa shape index (κ2) is 6.97. The zero-order valence-electron chi connectivity index (χ0n) is 13.5. The van der Waals surface area contributed by atoms with E-state index in [1.165, 1.54) is 0 Å². The lowest BCUT2D eigenvalue weighted by molar-refractivity contribution is 0.102. The van der Waals surface area contributed by atoms with Gasteiger partial charge in [-0.25, -0.2) is 0 Å². The van der Waals surface area contributed by atoms with E-state index >= 15 is 0 Å². The summed E-state index contributed by atoms with van der Waals surface area (Å²) in [5.74, 6) is -0.143. The maximum absolute atomic E-state index is 12.5. The number of nitrogens with one attached hydrogen (secondary N) is 1. The van der Waals surface area contributed by atoms with Crippen LogP contribution >= 0.6 is 15.9 Å². The Morgan fingerprint density at radius 2 is 1.79 bits per heavy atom. The molecule has 0 spiro atoms. The van der Waals surface area contributed by atoms with Crippen LogP contribution in [0.1, 0.15) is 21.6 Å². The molecule has 0 bridgehead atoms. The number of nitrogens with zero attached hydrogens (tertiary/aromatic N) is 1. The predicted octanol–water partition coefficient (Wildman–Crippen LogP) is 5.38. The minimum absolute atomic E-state index is 0.143. The first kappa shape index (κ1) is 16.4. The number of pyridine rings is 1. The van der Waals surface area contributed by atoms with Crippen molar-refractivity contribution in [2.45, 2.75) is 13.8 Å². The zero-order chi connectivity index (χ0) is 17.1. The molecule has 0 aliphatic rings. The van der Waals surface area contributed by atoms with Gasteiger partial charge in [-0.1, -0.05) is 46.3 Å². The van der Waals surface area contributed by atoms with Gasteiger partial charge in [-0.3, -0.25) is 9.78 Å². The molecule has 1 aromatic heterocycles. The van der Waals surface area contributed by atoms with E-state index in [4.69, 9.17) is 0 Å². The lowest BCUT2D eigenvalue weighted by atomic mass is 10.1. The highest BCUT2D eigenvalue weighted by molar-refractivity contribution is 9.10. The molecular weight excluding hydrogens is 364 g/mol. The summed E-state index contributed by atoms with van der Waals surface area (Å²) >= 11 is 3.47. The molecule has 0 fully saturated rings. The summed E-state index contributed by atoms with van der Waals surface area (Å²) in [6.07, 6.45) is 0. The number of amides is 1. The largest absolute Gasteiger partial charge is 0.322 e. The van der Waals surface area contributed by atoms with E-state index in [0.29, 0.717) is 11.3 Å². The third-order valence-corrected chi connectivity index (χ3v) is 4.34. The van der Waals surface area contributed by atoms with Crippen LogP contribution in [0.5, 0.6) is 0 Å². The van der Waals surface area contributed by atoms with Gasteiger partial charge in [0, 0.05) is 15.7 Å². The molecule has 0 aliphatic heterocycles. The molecule has 2 aromatic carbocycles. The van der Waals surface area contributed by atoms with E-state index in [1.807, 2.05) is 74.5 Å². The van der Waals surface area contributed by atoms with Gasteiger partial charge in [-0.05, 0) is 49.7 Å². The summed E-state index contributed by atoms with van der Waals surface area (Å²) in [4.78, 5) is 17.1. The van der Waals surface area contributed by atoms with Crippen LogP contribution < -0.4 is 5.32 Å². The fourth-order valence-corrected chi connectivity index (χ4v) is 2.91. The first-order valence-electron chi connectivity index (χ1n) is 7.65. The second-order valence-electron chi connectivity index (χ2n) is 5.61. The van der Waals surface area contributed by atoms with Crippen molar-refractivity contribution in [2.24, 2.45) is 0 Å². The lowest BCUT2D eigenvalue weighted by Crippen LogP contribution is -2.15. The Kier molecular flexibility index (Phi) is 4.76. The van der Waals surface area contributed by atoms with Crippen LogP contribution in [0.3, 0.4) is 0 Å². The molecule has 1 amide bonds. The zero-order valence-corrected chi connectivity index (χ0v) is 15.1. The standard InChI is InChI=1S/C20H17BrN2O/c1-13-6-3-4-9-18(13)23-20(24)17-10-11-19(22-14(17)2)15-7-5-8-16(21)12-15/h3-12H,1-2H3,(H,23,24). The van der Waals surface area contributed by atoms with Gasteiger partial charge in [0.2, 0.25) is 0 Å². The first-order valence-corrected chi connectivity index (χ1v) is 8.44. The number of halogens is 1. The number of aryl methyl sites for hydroxylation is 2. The number of hydrogen-bond donors (Lipinski definition) is 1. The van der Waals surface area contributed by atoms with Gasteiger partial charge in [-0.2, -0.15) is 0 Å². The van der Waals surface area contributed by atoms with Gasteiger partial charge in [0.1, 0.15) is 0 Å². The average Bonchev–Trinajstić information content (AvgIpc) is 2.56. The second-order valence-corrected chi connectivity index (χ2v) is 6.52. The number of carbonyl (C=O) groups is 1. The third-order valence-electron chi connectivity index (χ3n) is 3.84. The third kappa shape index (κ3) is 3.54. The van der Waals surface area contributed by atoms with Crippen molar-refractivity contribution in [2.75, 3.05) is 5.32 Å². The Balaban J connectivity index is 1.87. The average molecular weight is 381 g/mol. The molecule has 3 nitrogen and oxygen atoms in total. The molecule has 3 rings (SSSR count). The molecule has 0 atom stereocenters. The summed E-state index contributed by atoms with van der Waals surface area (Å²) in [5, 5.41) is 2.95. The maximum Gasteiger partial charge on any atom is 0.257 e. The topological polar surface area (TPSA) is 42.0 Å². The summed E-state index contributed by atoms with van der Waals surface area (Å²) in [7, 11) is 0. The highest BCUT2D eigenvalue weighted by Crippen LogP contribution is 2.23. The first-order chi connectivity index (χ1) is 11.5. The number of carbonyl (C=O) groups excluding carboxylic acids is 1. The number of rotatable bonds is 3. The van der Waals surface area contributed by atoms with Crippen molar-refractivity contribution < 1.29 is 4.79 Å². The van der Waals surface area contributed by atoms with Crippen molar-refractivity contribution in [3.8, 4) is 11.3 Å². The molecule has 0 aliphatic carbocycles. The van der Waals surface area contributed by atoms with Crippen LogP contribution in [0.2, 0.25) is 0 Å². The van der Waals surface area contributed by atoms with E-state index in [0.717, 1.165) is 27.0 Å². The molecule has 0 saturated heterocycles. The molecule has 0 saturated carbocycles. The van der Waals surface area contributed by atoms with Crippen molar-refractivity contribution in [1.82, 2.24) is 4.98 Å². The Labute approximate surface area is 149 Å². The van der Waals surface area contributed by atoms with E-state index in [2.05, 4.69) is 26.2 Å². The Bertz CT molecular complexity index is 906. The minimum atomic E-state index is -0.143. The molecule has 3 aromatic rings. The Morgan fingerprint density at radius 3 is 2.50 bits per heavy atom. The van der Waals surface area contributed by atoms with Gasteiger partial charge in [0.15, 0.2) is 0 Å². The highest BCUT2D eigenvalue weighted by atomic mass is 79.9. The molecule has 0 unspecified atom stereocenters. The van der Waals surface area contributed by atoms with Crippen LogP contribution in [0.15, 0.2) is 65.1 Å². The molecule has 0 radical (unpaired) electrons. The molecule has 1 N–H and O–H groups in total. The van der Waals surface area contributed by atoms with Gasteiger partial charge in [0.05, 0.1) is 17.0 Å².